The number of aliphatic carboxylic acids is 1. The lowest BCUT2D eigenvalue weighted by Crippen LogP contribution is -2.18. The zero-order valence-corrected chi connectivity index (χ0v) is 11.0. The van der Waals surface area contributed by atoms with E-state index in [4.69, 9.17) is 15.4 Å². The van der Waals surface area contributed by atoms with E-state index in [0.29, 0.717) is 0 Å². The predicted octanol–water partition coefficient (Wildman–Crippen LogP) is 1.05. The van der Waals surface area contributed by atoms with Gasteiger partial charge in [0, 0.05) is 6.04 Å². The fourth-order valence-electron chi connectivity index (χ4n) is 0.986. The lowest BCUT2D eigenvalue weighted by Gasteiger charge is -1.95. The van der Waals surface area contributed by atoms with Crippen LogP contribution in [0.5, 0.6) is 0 Å². The van der Waals surface area contributed by atoms with Crippen LogP contribution in [0.1, 0.15) is 18.9 Å². The number of aryl methyl sites for hydroxylation is 1. The minimum atomic E-state index is -4.02. The highest BCUT2D eigenvalue weighted by Gasteiger charge is 2.06. The van der Waals surface area contributed by atoms with E-state index >= 15 is 0 Å². The second-order valence-electron chi connectivity index (χ2n) is 3.86. The lowest BCUT2D eigenvalue weighted by atomic mass is 10.2. The van der Waals surface area contributed by atoms with Crippen molar-refractivity contribution in [1.82, 2.24) is 0 Å². The first kappa shape index (κ1) is 16.6. The molecule has 0 aromatic heterocycles. The Morgan fingerprint density at radius 2 is 1.78 bits per heavy atom. The van der Waals surface area contributed by atoms with E-state index in [1.165, 1.54) is 12.1 Å². The summed E-state index contributed by atoms with van der Waals surface area (Å²) in [4.78, 5) is 9.66. The maximum absolute atomic E-state index is 10.5. The van der Waals surface area contributed by atoms with Crippen LogP contribution in [0.2, 0.25) is 0 Å². The Kier molecular flexibility index (Phi) is 6.53. The molecule has 0 bridgehead atoms. The van der Waals surface area contributed by atoms with Crippen molar-refractivity contribution in [3.8, 4) is 0 Å². The molecule has 18 heavy (non-hydrogen) atoms. The summed E-state index contributed by atoms with van der Waals surface area (Å²) in [7, 11) is -4.02. The number of nitrogens with two attached hydrogens (primary N) is 1. The second-order valence-corrected chi connectivity index (χ2v) is 5.28. The van der Waals surface area contributed by atoms with Crippen molar-refractivity contribution in [1.29, 1.82) is 0 Å². The SMILES string of the molecule is C[C@@H](N)CC(=O)O.Cc1ccc(S(=O)(=O)O)cc1. The molecular formula is C11H17NO5S. The van der Waals surface area contributed by atoms with Crippen molar-refractivity contribution in [2.24, 2.45) is 5.73 Å². The summed E-state index contributed by atoms with van der Waals surface area (Å²) in [6.07, 6.45) is 0.0556. The van der Waals surface area contributed by atoms with E-state index in [0.717, 1.165) is 5.56 Å². The minimum Gasteiger partial charge on any atom is -0.481 e. The summed E-state index contributed by atoms with van der Waals surface area (Å²) in [6.45, 7) is 3.50. The van der Waals surface area contributed by atoms with Gasteiger partial charge in [-0.2, -0.15) is 8.42 Å². The molecule has 1 aromatic rings. The van der Waals surface area contributed by atoms with Gasteiger partial charge in [-0.3, -0.25) is 9.35 Å². The highest BCUT2D eigenvalue weighted by Crippen LogP contribution is 2.08. The van der Waals surface area contributed by atoms with Crippen molar-refractivity contribution in [3.63, 3.8) is 0 Å². The van der Waals surface area contributed by atoms with Crippen molar-refractivity contribution in [3.05, 3.63) is 29.8 Å². The monoisotopic (exact) mass is 275 g/mol. The van der Waals surface area contributed by atoms with Gasteiger partial charge in [0.2, 0.25) is 0 Å². The van der Waals surface area contributed by atoms with Crippen LogP contribution in [0.3, 0.4) is 0 Å². The molecule has 0 amide bonds. The van der Waals surface area contributed by atoms with Gasteiger partial charge in [-0.15, -0.1) is 0 Å². The third-order valence-electron chi connectivity index (χ3n) is 1.82. The van der Waals surface area contributed by atoms with E-state index in [2.05, 4.69) is 0 Å². The highest BCUT2D eigenvalue weighted by molar-refractivity contribution is 7.85. The van der Waals surface area contributed by atoms with E-state index in [1.54, 1.807) is 19.1 Å². The normalized spacial score (nSPS) is 12.2. The van der Waals surface area contributed by atoms with Gasteiger partial charge >= 0.3 is 5.97 Å². The first-order chi connectivity index (χ1) is 8.12. The first-order valence-corrected chi connectivity index (χ1v) is 6.58. The van der Waals surface area contributed by atoms with Crippen LogP contribution < -0.4 is 5.73 Å². The molecule has 0 unspecified atom stereocenters. The summed E-state index contributed by atoms with van der Waals surface area (Å²) < 4.78 is 29.6. The van der Waals surface area contributed by atoms with Crippen LogP contribution in [-0.4, -0.2) is 30.1 Å². The predicted molar refractivity (Wildman–Crippen MR) is 66.9 cm³/mol. The van der Waals surface area contributed by atoms with Crippen molar-refractivity contribution < 1.29 is 22.9 Å². The molecule has 0 saturated heterocycles. The van der Waals surface area contributed by atoms with Gasteiger partial charge in [0.25, 0.3) is 10.1 Å². The summed E-state index contributed by atoms with van der Waals surface area (Å²) >= 11 is 0. The third-order valence-corrected chi connectivity index (χ3v) is 2.68. The summed E-state index contributed by atoms with van der Waals surface area (Å²) in [5, 5.41) is 8.00. The van der Waals surface area contributed by atoms with Crippen molar-refractivity contribution in [2.75, 3.05) is 0 Å². The van der Waals surface area contributed by atoms with Crippen LogP contribution in [0.15, 0.2) is 29.2 Å². The summed E-state index contributed by atoms with van der Waals surface area (Å²) in [6, 6.07) is 5.76. The topological polar surface area (TPSA) is 118 Å². The smallest absolute Gasteiger partial charge is 0.304 e. The van der Waals surface area contributed by atoms with Crippen LogP contribution in [0.25, 0.3) is 0 Å². The Morgan fingerprint density at radius 3 is 2.00 bits per heavy atom. The molecule has 0 saturated carbocycles. The number of hydrogen-bond acceptors (Lipinski definition) is 4. The van der Waals surface area contributed by atoms with Gasteiger partial charge in [0.05, 0.1) is 11.3 Å². The van der Waals surface area contributed by atoms with E-state index < -0.39 is 16.1 Å². The van der Waals surface area contributed by atoms with Gasteiger partial charge in [0.15, 0.2) is 0 Å². The van der Waals surface area contributed by atoms with Gasteiger partial charge in [-0.05, 0) is 26.0 Å². The number of benzene rings is 1. The zero-order chi connectivity index (χ0) is 14.3. The molecular weight excluding hydrogens is 258 g/mol. The van der Waals surface area contributed by atoms with Gasteiger partial charge in [-0.25, -0.2) is 0 Å². The molecule has 1 rings (SSSR count). The Bertz CT molecular complexity index is 479. The molecule has 0 aliphatic heterocycles. The number of hydrogen-bond donors (Lipinski definition) is 3. The van der Waals surface area contributed by atoms with Crippen LogP contribution in [0, 0.1) is 6.92 Å². The van der Waals surface area contributed by atoms with Gasteiger partial charge in [0.1, 0.15) is 0 Å². The fraction of sp³-hybridized carbons (Fsp3) is 0.364. The van der Waals surface area contributed by atoms with Crippen LogP contribution >= 0.6 is 0 Å². The number of carboxylic acid groups (broad SMARTS) is 1. The number of rotatable bonds is 3. The van der Waals surface area contributed by atoms with Crippen molar-refractivity contribution in [2.45, 2.75) is 31.2 Å². The van der Waals surface area contributed by atoms with E-state index in [-0.39, 0.29) is 17.4 Å². The summed E-state index contributed by atoms with van der Waals surface area (Å²) in [5.74, 6) is -0.838. The molecule has 102 valence electrons. The zero-order valence-electron chi connectivity index (χ0n) is 10.2. The average Bonchev–Trinajstić information content (AvgIpc) is 2.15. The molecule has 0 fully saturated rings. The standard InChI is InChI=1S/C7H8O3S.C4H9NO2/c1-6-2-4-7(5-3-6)11(8,9)10;1-3(5)2-4(6)7/h2-5H,1H3,(H,8,9,10);3H,2,5H2,1H3,(H,6,7)/t;3-/m.1/s1. The molecule has 0 radical (unpaired) electrons. The molecule has 0 heterocycles. The average molecular weight is 275 g/mol. The summed E-state index contributed by atoms with van der Waals surface area (Å²) in [5.41, 5.74) is 6.07. The van der Waals surface area contributed by atoms with E-state index in [1.807, 2.05) is 6.92 Å². The Labute approximate surface area is 106 Å². The van der Waals surface area contributed by atoms with Gasteiger partial charge in [-0.1, -0.05) is 17.7 Å². The lowest BCUT2D eigenvalue weighted by molar-refractivity contribution is -0.137. The second kappa shape index (κ2) is 7.10. The molecule has 0 aliphatic carbocycles. The Hall–Kier alpha value is -1.44. The highest BCUT2D eigenvalue weighted by atomic mass is 32.2. The third kappa shape index (κ3) is 7.77. The van der Waals surface area contributed by atoms with Crippen molar-refractivity contribution >= 4 is 16.1 Å². The molecule has 1 aromatic carbocycles. The molecule has 0 aliphatic rings. The number of carboxylic acids is 1. The molecule has 1 atom stereocenters. The maximum Gasteiger partial charge on any atom is 0.304 e. The Balaban J connectivity index is 0.000000360. The molecule has 7 heteroatoms. The molecule has 0 spiro atoms. The number of carbonyl (C=O) groups is 1. The minimum absolute atomic E-state index is 0.0556. The first-order valence-electron chi connectivity index (χ1n) is 5.14. The van der Waals surface area contributed by atoms with Gasteiger partial charge < -0.3 is 10.8 Å². The molecule has 4 N–H and O–H groups in total. The fourth-order valence-corrected chi connectivity index (χ4v) is 1.47. The van der Waals surface area contributed by atoms with Crippen LogP contribution in [-0.2, 0) is 14.9 Å². The Morgan fingerprint density at radius 1 is 1.33 bits per heavy atom. The quantitative estimate of drug-likeness (QED) is 0.710. The molecule has 6 nitrogen and oxygen atoms in total. The van der Waals surface area contributed by atoms with E-state index in [9.17, 15) is 13.2 Å². The largest absolute Gasteiger partial charge is 0.481 e. The van der Waals surface area contributed by atoms with Crippen LogP contribution in [0.4, 0.5) is 0 Å². The maximum atomic E-state index is 10.5.